The van der Waals surface area contributed by atoms with Crippen LogP contribution in [0.2, 0.25) is 5.28 Å². The summed E-state index contributed by atoms with van der Waals surface area (Å²) >= 11 is 12.6. The number of nitrogens with zero attached hydrogens (tertiary/aromatic N) is 6. The minimum atomic E-state index is -3.75. The fourth-order valence-electron chi connectivity index (χ4n) is 3.17. The van der Waals surface area contributed by atoms with E-state index in [1.165, 1.54) is 23.5 Å². The van der Waals surface area contributed by atoms with E-state index in [9.17, 15) is 8.42 Å². The van der Waals surface area contributed by atoms with E-state index in [4.69, 9.17) is 23.8 Å². The summed E-state index contributed by atoms with van der Waals surface area (Å²) in [6, 6.07) is 8.23. The molecule has 0 radical (unpaired) electrons. The summed E-state index contributed by atoms with van der Waals surface area (Å²) in [5.41, 5.74) is 0.702. The topological polar surface area (TPSA) is 116 Å². The molecule has 0 bridgehead atoms. The van der Waals surface area contributed by atoms with Crippen molar-refractivity contribution in [3.8, 4) is 0 Å². The minimum absolute atomic E-state index is 0.129. The lowest BCUT2D eigenvalue weighted by molar-refractivity contribution is 0.389. The van der Waals surface area contributed by atoms with Crippen molar-refractivity contribution in [2.24, 2.45) is 0 Å². The maximum Gasteiger partial charge on any atom is 0.263 e. The Morgan fingerprint density at radius 2 is 1.88 bits per heavy atom. The van der Waals surface area contributed by atoms with E-state index in [1.54, 1.807) is 18.3 Å². The van der Waals surface area contributed by atoms with Crippen LogP contribution in [0.4, 0.5) is 16.6 Å². The number of benzene rings is 1. The number of anilines is 3. The lowest BCUT2D eigenvalue weighted by Crippen LogP contribution is -2.50. The summed E-state index contributed by atoms with van der Waals surface area (Å²) < 4.78 is 27.7. The molecular weight excluding hydrogens is 504 g/mol. The van der Waals surface area contributed by atoms with E-state index in [-0.39, 0.29) is 15.3 Å². The number of aryl methyl sites for hydroxylation is 1. The Morgan fingerprint density at radius 3 is 2.52 bits per heavy atom. The van der Waals surface area contributed by atoms with Crippen molar-refractivity contribution in [2.75, 3.05) is 41.1 Å². The van der Waals surface area contributed by atoms with Crippen molar-refractivity contribution in [2.45, 2.75) is 18.2 Å². The molecule has 0 unspecified atom stereocenters. The number of aromatic nitrogens is 4. The number of halogens is 1. The predicted octanol–water partition coefficient (Wildman–Crippen LogP) is 2.86. The predicted molar refractivity (Wildman–Crippen MR) is 134 cm³/mol. The number of hydrogen-bond acceptors (Lipinski definition) is 9. The van der Waals surface area contributed by atoms with E-state index in [1.807, 2.05) is 13.0 Å². The lowest BCUT2D eigenvalue weighted by Gasteiger charge is -2.36. The number of piperazine rings is 1. The van der Waals surface area contributed by atoms with Gasteiger partial charge in [-0.3, -0.25) is 4.72 Å². The molecular formula is C19H21ClN8O2S3. The molecule has 2 N–H and O–H groups in total. The van der Waals surface area contributed by atoms with Crippen LogP contribution in [-0.4, -0.2) is 64.8 Å². The highest BCUT2D eigenvalue weighted by Crippen LogP contribution is 2.22. The molecule has 1 aromatic carbocycles. The maximum absolute atomic E-state index is 12.6. The third-order valence-electron chi connectivity index (χ3n) is 4.91. The Bertz CT molecular complexity index is 1230. The van der Waals surface area contributed by atoms with Crippen molar-refractivity contribution < 1.29 is 8.42 Å². The number of sulfonamides is 1. The van der Waals surface area contributed by atoms with Gasteiger partial charge in [0.25, 0.3) is 10.0 Å². The van der Waals surface area contributed by atoms with Crippen LogP contribution in [-0.2, 0) is 16.4 Å². The largest absolute Gasteiger partial charge is 0.353 e. The molecule has 33 heavy (non-hydrogen) atoms. The quantitative estimate of drug-likeness (QED) is 0.368. The zero-order valence-electron chi connectivity index (χ0n) is 17.6. The average molecular weight is 525 g/mol. The Morgan fingerprint density at radius 1 is 1.15 bits per heavy atom. The fourth-order valence-corrected chi connectivity index (χ4v) is 5.53. The summed E-state index contributed by atoms with van der Waals surface area (Å²) in [7, 11) is -3.75. The minimum Gasteiger partial charge on any atom is -0.353 e. The molecule has 0 saturated carbocycles. The molecule has 1 saturated heterocycles. The van der Waals surface area contributed by atoms with Gasteiger partial charge in [0.15, 0.2) is 5.11 Å². The van der Waals surface area contributed by atoms with Crippen LogP contribution in [0.5, 0.6) is 0 Å². The summed E-state index contributed by atoms with van der Waals surface area (Å²) in [4.78, 5) is 12.5. The fraction of sp³-hybridized carbons (Fsp3) is 0.316. The van der Waals surface area contributed by atoms with E-state index in [0.29, 0.717) is 30.3 Å². The van der Waals surface area contributed by atoms with Crippen LogP contribution in [0.25, 0.3) is 0 Å². The molecule has 14 heteroatoms. The smallest absolute Gasteiger partial charge is 0.263 e. The Kier molecular flexibility index (Phi) is 7.22. The Balaban J connectivity index is 1.32. The van der Waals surface area contributed by atoms with Crippen molar-refractivity contribution in [3.05, 3.63) is 46.8 Å². The van der Waals surface area contributed by atoms with Gasteiger partial charge >= 0.3 is 0 Å². The molecule has 1 aliphatic heterocycles. The van der Waals surface area contributed by atoms with Gasteiger partial charge in [0, 0.05) is 38.1 Å². The zero-order chi connectivity index (χ0) is 23.4. The second-order valence-corrected chi connectivity index (χ2v) is 10.5. The van der Waals surface area contributed by atoms with Crippen molar-refractivity contribution in [3.63, 3.8) is 0 Å². The van der Waals surface area contributed by atoms with Gasteiger partial charge in [-0.1, -0.05) is 18.3 Å². The van der Waals surface area contributed by atoms with Crippen LogP contribution in [0, 0.1) is 0 Å². The molecule has 4 rings (SSSR count). The Labute approximate surface area is 206 Å². The SMILES string of the molecule is CCc1nnc(NS(=O)(=O)c2ccc(NC(=S)N3CCN(c4ccnc(Cl)n4)CC3)cc2)s1. The molecule has 0 atom stereocenters. The first-order chi connectivity index (χ1) is 15.8. The molecule has 10 nitrogen and oxygen atoms in total. The standard InChI is InChI=1S/C19H21ClN8O2S3/c1-2-16-24-25-18(32-16)26-33(29,30)14-5-3-13(4-6-14)22-19(31)28-11-9-27(10-12-28)15-7-8-21-17(20)23-15/h3-8H,2,9-12H2,1H3,(H,22,31)(H,25,26). The summed E-state index contributed by atoms with van der Waals surface area (Å²) in [6.07, 6.45) is 2.34. The van der Waals surface area contributed by atoms with Crippen LogP contribution in [0.3, 0.4) is 0 Å². The highest BCUT2D eigenvalue weighted by molar-refractivity contribution is 7.93. The van der Waals surface area contributed by atoms with Gasteiger partial charge in [-0.25, -0.2) is 18.4 Å². The van der Waals surface area contributed by atoms with Gasteiger partial charge in [0.1, 0.15) is 10.8 Å². The van der Waals surface area contributed by atoms with Crippen molar-refractivity contribution in [1.82, 2.24) is 25.1 Å². The maximum atomic E-state index is 12.6. The number of thiocarbonyl (C=S) groups is 1. The molecule has 0 aliphatic carbocycles. The van der Waals surface area contributed by atoms with Gasteiger partial charge in [0.05, 0.1) is 4.90 Å². The molecule has 0 amide bonds. The molecule has 174 valence electrons. The first-order valence-electron chi connectivity index (χ1n) is 10.1. The molecule has 1 aliphatic rings. The van der Waals surface area contributed by atoms with Gasteiger partial charge in [-0.2, -0.15) is 0 Å². The second-order valence-electron chi connectivity index (χ2n) is 7.07. The van der Waals surface area contributed by atoms with Crippen LogP contribution in [0.1, 0.15) is 11.9 Å². The van der Waals surface area contributed by atoms with Gasteiger partial charge in [0.2, 0.25) is 10.4 Å². The average Bonchev–Trinajstić information content (AvgIpc) is 3.26. The third kappa shape index (κ3) is 5.85. The lowest BCUT2D eigenvalue weighted by atomic mass is 10.3. The normalized spacial score (nSPS) is 14.2. The molecule has 0 spiro atoms. The summed E-state index contributed by atoms with van der Waals surface area (Å²) in [5.74, 6) is 0.790. The molecule has 2 aromatic heterocycles. The van der Waals surface area contributed by atoms with E-state index < -0.39 is 10.0 Å². The number of hydrogen-bond donors (Lipinski definition) is 2. The van der Waals surface area contributed by atoms with Crippen molar-refractivity contribution >= 4 is 66.9 Å². The number of nitrogens with one attached hydrogen (secondary N) is 2. The molecule has 3 aromatic rings. The highest BCUT2D eigenvalue weighted by atomic mass is 35.5. The van der Waals surface area contributed by atoms with Crippen LogP contribution in [0.15, 0.2) is 41.4 Å². The second kappa shape index (κ2) is 10.1. The summed E-state index contributed by atoms with van der Waals surface area (Å²) in [5, 5.41) is 12.8. The first-order valence-corrected chi connectivity index (χ1v) is 13.2. The highest BCUT2D eigenvalue weighted by Gasteiger charge is 2.21. The molecule has 3 heterocycles. The zero-order valence-corrected chi connectivity index (χ0v) is 20.8. The van der Waals surface area contributed by atoms with E-state index in [0.717, 1.165) is 23.9 Å². The van der Waals surface area contributed by atoms with Crippen molar-refractivity contribution in [1.29, 1.82) is 0 Å². The van der Waals surface area contributed by atoms with Gasteiger partial charge in [-0.15, -0.1) is 10.2 Å². The Hall–Kier alpha value is -2.61. The molecule has 1 fully saturated rings. The first kappa shape index (κ1) is 23.5. The van der Waals surface area contributed by atoms with Gasteiger partial charge in [-0.05, 0) is 60.6 Å². The number of rotatable bonds is 6. The van der Waals surface area contributed by atoms with E-state index in [2.05, 4.69) is 40.0 Å². The van der Waals surface area contributed by atoms with E-state index >= 15 is 0 Å². The van der Waals surface area contributed by atoms with Gasteiger partial charge < -0.3 is 15.1 Å². The van der Waals surface area contributed by atoms with Crippen LogP contribution < -0.4 is 14.9 Å². The summed E-state index contributed by atoms with van der Waals surface area (Å²) in [6.45, 7) is 4.84. The third-order valence-corrected chi connectivity index (χ3v) is 7.92. The van der Waals surface area contributed by atoms with Crippen LogP contribution >= 0.6 is 35.2 Å². The monoisotopic (exact) mass is 524 g/mol.